The average Bonchev–Trinajstić information content (AvgIpc) is 3.40. The van der Waals surface area contributed by atoms with Gasteiger partial charge in [0.05, 0.1) is 5.56 Å². The van der Waals surface area contributed by atoms with Crippen LogP contribution in [0.15, 0.2) is 65.8 Å². The Labute approximate surface area is 150 Å². The molecule has 0 N–H and O–H groups in total. The van der Waals surface area contributed by atoms with Gasteiger partial charge < -0.3 is 0 Å². The van der Waals surface area contributed by atoms with E-state index < -0.39 is 0 Å². The molecule has 1 aromatic heterocycles. The second-order valence-electron chi connectivity index (χ2n) is 6.01. The quantitative estimate of drug-likeness (QED) is 0.570. The van der Waals surface area contributed by atoms with Crippen molar-refractivity contribution < 1.29 is 4.39 Å². The third kappa shape index (κ3) is 3.66. The van der Waals surface area contributed by atoms with Crippen LogP contribution in [0.5, 0.6) is 0 Å². The molecule has 5 heteroatoms. The minimum Gasteiger partial charge on any atom is -0.299 e. The third-order valence-electron chi connectivity index (χ3n) is 4.11. The van der Waals surface area contributed by atoms with Gasteiger partial charge in [-0.1, -0.05) is 66.4 Å². The molecular formula is C20H18FN3S. The standard InChI is InChI=1S/C20H18FN3S/c21-18-11-5-4-10-17(18)19-22-23-20(24(19)16-12-13-16)25-14-6-9-15-7-2-1-3-8-15/h1-11,16H,12-14H2. The molecule has 1 aliphatic carbocycles. The summed E-state index contributed by atoms with van der Waals surface area (Å²) in [5, 5.41) is 9.45. The van der Waals surface area contributed by atoms with Crippen LogP contribution >= 0.6 is 11.8 Å². The first-order chi connectivity index (χ1) is 12.3. The predicted molar refractivity (Wildman–Crippen MR) is 99.9 cm³/mol. The van der Waals surface area contributed by atoms with Crippen LogP contribution in [0.1, 0.15) is 24.4 Å². The second-order valence-corrected chi connectivity index (χ2v) is 7.00. The Balaban J connectivity index is 1.53. The van der Waals surface area contributed by atoms with Gasteiger partial charge >= 0.3 is 0 Å². The van der Waals surface area contributed by atoms with Crippen molar-refractivity contribution >= 4 is 17.8 Å². The van der Waals surface area contributed by atoms with Gasteiger partial charge in [0.15, 0.2) is 11.0 Å². The normalized spacial score (nSPS) is 14.3. The van der Waals surface area contributed by atoms with Crippen LogP contribution in [0.3, 0.4) is 0 Å². The maximum Gasteiger partial charge on any atom is 0.192 e. The first kappa shape index (κ1) is 16.1. The largest absolute Gasteiger partial charge is 0.299 e. The number of benzene rings is 2. The van der Waals surface area contributed by atoms with E-state index >= 15 is 0 Å². The Bertz CT molecular complexity index is 885. The van der Waals surface area contributed by atoms with Crippen LogP contribution < -0.4 is 0 Å². The van der Waals surface area contributed by atoms with Crippen LogP contribution in [0.4, 0.5) is 4.39 Å². The summed E-state index contributed by atoms with van der Waals surface area (Å²) in [5.41, 5.74) is 1.70. The second kappa shape index (κ2) is 7.23. The zero-order valence-corrected chi connectivity index (χ0v) is 14.5. The van der Waals surface area contributed by atoms with Gasteiger partial charge in [-0.15, -0.1) is 10.2 Å². The molecule has 2 aromatic carbocycles. The number of hydrogen-bond acceptors (Lipinski definition) is 3. The number of thioether (sulfide) groups is 1. The summed E-state index contributed by atoms with van der Waals surface area (Å²) in [6, 6.07) is 17.4. The van der Waals surface area contributed by atoms with Crippen molar-refractivity contribution in [3.05, 3.63) is 72.1 Å². The molecule has 3 aromatic rings. The molecule has 0 spiro atoms. The van der Waals surface area contributed by atoms with Crippen molar-refractivity contribution in [2.45, 2.75) is 24.0 Å². The van der Waals surface area contributed by atoms with E-state index in [1.54, 1.807) is 23.9 Å². The first-order valence-electron chi connectivity index (χ1n) is 8.37. The van der Waals surface area contributed by atoms with E-state index in [0.29, 0.717) is 17.4 Å². The van der Waals surface area contributed by atoms with Gasteiger partial charge in [0.1, 0.15) is 5.82 Å². The van der Waals surface area contributed by atoms with E-state index in [1.165, 1.54) is 11.6 Å². The Morgan fingerprint density at radius 1 is 1.04 bits per heavy atom. The molecular weight excluding hydrogens is 333 g/mol. The lowest BCUT2D eigenvalue weighted by Gasteiger charge is -2.08. The first-order valence-corrected chi connectivity index (χ1v) is 9.35. The summed E-state index contributed by atoms with van der Waals surface area (Å²) in [7, 11) is 0. The molecule has 0 bridgehead atoms. The summed E-state index contributed by atoms with van der Waals surface area (Å²) in [6.07, 6.45) is 6.43. The van der Waals surface area contributed by atoms with Gasteiger partial charge in [0.2, 0.25) is 0 Å². The Hall–Kier alpha value is -2.40. The number of halogens is 1. The van der Waals surface area contributed by atoms with Crippen LogP contribution in [0.25, 0.3) is 17.5 Å². The van der Waals surface area contributed by atoms with Crippen LogP contribution in [-0.4, -0.2) is 20.5 Å². The van der Waals surface area contributed by atoms with E-state index in [0.717, 1.165) is 23.8 Å². The van der Waals surface area contributed by atoms with Crippen LogP contribution in [0.2, 0.25) is 0 Å². The number of aromatic nitrogens is 3. The molecule has 4 rings (SSSR count). The van der Waals surface area contributed by atoms with E-state index in [9.17, 15) is 4.39 Å². The van der Waals surface area contributed by atoms with E-state index in [2.05, 4.69) is 39.0 Å². The van der Waals surface area contributed by atoms with Crippen molar-refractivity contribution in [3.63, 3.8) is 0 Å². The van der Waals surface area contributed by atoms with Crippen molar-refractivity contribution in [1.29, 1.82) is 0 Å². The number of hydrogen-bond donors (Lipinski definition) is 0. The Morgan fingerprint density at radius 3 is 2.56 bits per heavy atom. The molecule has 1 heterocycles. The highest BCUT2D eigenvalue weighted by atomic mass is 32.2. The van der Waals surface area contributed by atoms with Crippen LogP contribution in [-0.2, 0) is 0 Å². The monoisotopic (exact) mass is 351 g/mol. The summed E-state index contributed by atoms with van der Waals surface area (Å²) in [6.45, 7) is 0. The fourth-order valence-corrected chi connectivity index (χ4v) is 3.55. The van der Waals surface area contributed by atoms with Crippen molar-refractivity contribution in [2.75, 3.05) is 5.75 Å². The minimum atomic E-state index is -0.252. The fourth-order valence-electron chi connectivity index (χ4n) is 2.73. The lowest BCUT2D eigenvalue weighted by atomic mass is 10.2. The fraction of sp³-hybridized carbons (Fsp3) is 0.200. The van der Waals surface area contributed by atoms with E-state index in [-0.39, 0.29) is 5.82 Å². The molecule has 0 unspecified atom stereocenters. The van der Waals surface area contributed by atoms with Gasteiger partial charge in [-0.05, 0) is 30.5 Å². The predicted octanol–water partition coefficient (Wildman–Crippen LogP) is 5.22. The lowest BCUT2D eigenvalue weighted by molar-refractivity contribution is 0.622. The van der Waals surface area contributed by atoms with Crippen LogP contribution in [0, 0.1) is 5.82 Å². The number of rotatable bonds is 6. The topological polar surface area (TPSA) is 30.7 Å². The maximum atomic E-state index is 14.1. The molecule has 1 aliphatic rings. The summed E-state index contributed by atoms with van der Waals surface area (Å²) in [4.78, 5) is 0. The molecule has 1 fully saturated rings. The molecule has 25 heavy (non-hydrogen) atoms. The molecule has 0 aliphatic heterocycles. The van der Waals surface area contributed by atoms with Crippen molar-refractivity contribution in [3.8, 4) is 11.4 Å². The molecule has 0 atom stereocenters. The number of nitrogens with zero attached hydrogens (tertiary/aromatic N) is 3. The van der Waals surface area contributed by atoms with Crippen molar-refractivity contribution in [2.24, 2.45) is 0 Å². The third-order valence-corrected chi connectivity index (χ3v) is 5.01. The minimum absolute atomic E-state index is 0.252. The Morgan fingerprint density at radius 2 is 1.80 bits per heavy atom. The summed E-state index contributed by atoms with van der Waals surface area (Å²) < 4.78 is 16.2. The molecule has 126 valence electrons. The van der Waals surface area contributed by atoms with E-state index in [1.807, 2.05) is 24.3 Å². The molecule has 0 amide bonds. The summed E-state index contributed by atoms with van der Waals surface area (Å²) >= 11 is 1.64. The molecule has 0 radical (unpaired) electrons. The summed E-state index contributed by atoms with van der Waals surface area (Å²) in [5.74, 6) is 1.18. The average molecular weight is 351 g/mol. The Kier molecular flexibility index (Phi) is 4.65. The highest BCUT2D eigenvalue weighted by molar-refractivity contribution is 7.99. The van der Waals surface area contributed by atoms with Gasteiger partial charge in [-0.25, -0.2) is 4.39 Å². The zero-order chi connectivity index (χ0) is 17.1. The molecule has 0 saturated heterocycles. The smallest absolute Gasteiger partial charge is 0.192 e. The molecule has 1 saturated carbocycles. The SMILES string of the molecule is Fc1ccccc1-c1nnc(SCC=Cc2ccccc2)n1C1CC1. The van der Waals surface area contributed by atoms with Gasteiger partial charge in [-0.3, -0.25) is 4.57 Å². The highest BCUT2D eigenvalue weighted by Crippen LogP contribution is 2.41. The van der Waals surface area contributed by atoms with Crippen molar-refractivity contribution in [1.82, 2.24) is 14.8 Å². The maximum absolute atomic E-state index is 14.1. The lowest BCUT2D eigenvalue weighted by Crippen LogP contribution is -2.01. The molecule has 3 nitrogen and oxygen atoms in total. The van der Waals surface area contributed by atoms with Gasteiger partial charge in [0.25, 0.3) is 0 Å². The van der Waals surface area contributed by atoms with Gasteiger partial charge in [0, 0.05) is 11.8 Å². The zero-order valence-electron chi connectivity index (χ0n) is 13.7. The van der Waals surface area contributed by atoms with E-state index in [4.69, 9.17) is 0 Å². The van der Waals surface area contributed by atoms with Gasteiger partial charge in [-0.2, -0.15) is 0 Å². The highest BCUT2D eigenvalue weighted by Gasteiger charge is 2.30.